The van der Waals surface area contributed by atoms with E-state index in [1.807, 2.05) is 0 Å². The van der Waals surface area contributed by atoms with E-state index >= 15 is 0 Å². The number of rotatable bonds is 5. The van der Waals surface area contributed by atoms with Gasteiger partial charge in [0.15, 0.2) is 0 Å². The summed E-state index contributed by atoms with van der Waals surface area (Å²) in [5.74, 6) is 0.962. The van der Waals surface area contributed by atoms with Crippen molar-refractivity contribution in [3.63, 3.8) is 0 Å². The smallest absolute Gasteiger partial charge is 0.365 e. The molecule has 1 aromatic carbocycles. The maximum atomic E-state index is 11.7. The molecule has 0 saturated carbocycles. The molecular formula is C15H15N4O4P. The quantitative estimate of drug-likeness (QED) is 0.677. The molecule has 2 N–H and O–H groups in total. The molecule has 0 saturated heterocycles. The third-order valence-electron chi connectivity index (χ3n) is 3.49. The number of hydrogen-bond acceptors (Lipinski definition) is 6. The summed E-state index contributed by atoms with van der Waals surface area (Å²) in [5.41, 5.74) is 1.36. The SMILES string of the molecule is Cn1c(=O)ccc2c(NCc3ccc(O[PH](=O)O)cc3)ncnc21. The van der Waals surface area contributed by atoms with Crippen molar-refractivity contribution in [2.24, 2.45) is 7.05 Å². The Kier molecular flexibility index (Phi) is 4.59. The number of aryl methyl sites for hydroxylation is 1. The molecule has 0 amide bonds. The molecule has 0 aliphatic heterocycles. The Balaban J connectivity index is 1.80. The van der Waals surface area contributed by atoms with E-state index in [4.69, 9.17) is 9.42 Å². The van der Waals surface area contributed by atoms with Crippen molar-refractivity contribution in [1.29, 1.82) is 0 Å². The van der Waals surface area contributed by atoms with Gasteiger partial charge in [-0.3, -0.25) is 9.36 Å². The molecule has 2 aromatic heterocycles. The molecule has 0 aliphatic rings. The van der Waals surface area contributed by atoms with Crippen molar-refractivity contribution < 1.29 is 14.0 Å². The van der Waals surface area contributed by atoms with E-state index < -0.39 is 8.25 Å². The van der Waals surface area contributed by atoms with Crippen LogP contribution in [0.15, 0.2) is 47.5 Å². The number of aromatic nitrogens is 3. The average Bonchev–Trinajstić information content (AvgIpc) is 2.57. The van der Waals surface area contributed by atoms with Crippen LogP contribution >= 0.6 is 8.25 Å². The van der Waals surface area contributed by atoms with Crippen molar-refractivity contribution in [2.75, 3.05) is 5.32 Å². The molecule has 1 unspecified atom stereocenters. The van der Waals surface area contributed by atoms with Crippen LogP contribution in [0, 0.1) is 0 Å². The van der Waals surface area contributed by atoms with Gasteiger partial charge in [0, 0.05) is 19.7 Å². The van der Waals surface area contributed by atoms with E-state index in [0.29, 0.717) is 23.8 Å². The van der Waals surface area contributed by atoms with E-state index in [0.717, 1.165) is 10.9 Å². The van der Waals surface area contributed by atoms with Crippen molar-refractivity contribution in [2.45, 2.75) is 6.54 Å². The summed E-state index contributed by atoms with van der Waals surface area (Å²) in [7, 11) is -1.34. The highest BCUT2D eigenvalue weighted by Crippen LogP contribution is 2.23. The molecule has 0 aliphatic carbocycles. The Morgan fingerprint density at radius 1 is 1.21 bits per heavy atom. The van der Waals surface area contributed by atoms with Crippen LogP contribution < -0.4 is 15.4 Å². The topological polar surface area (TPSA) is 106 Å². The number of benzene rings is 1. The van der Waals surface area contributed by atoms with Crippen LogP contribution in [-0.2, 0) is 18.2 Å². The fourth-order valence-corrected chi connectivity index (χ4v) is 2.62. The molecule has 2 heterocycles. The van der Waals surface area contributed by atoms with Crippen LogP contribution in [0.4, 0.5) is 5.82 Å². The van der Waals surface area contributed by atoms with Crippen molar-refractivity contribution in [3.8, 4) is 5.75 Å². The minimum absolute atomic E-state index is 0.133. The van der Waals surface area contributed by atoms with Crippen molar-refractivity contribution in [3.05, 3.63) is 58.6 Å². The molecule has 8 nitrogen and oxygen atoms in total. The number of nitrogens with one attached hydrogen (secondary N) is 1. The summed E-state index contributed by atoms with van der Waals surface area (Å²) in [6, 6.07) is 9.98. The Bertz CT molecular complexity index is 956. The third-order valence-corrected chi connectivity index (χ3v) is 3.90. The molecule has 0 fully saturated rings. The number of hydrogen-bond donors (Lipinski definition) is 2. The molecule has 124 valence electrons. The molecule has 3 aromatic rings. The fraction of sp³-hybridized carbons (Fsp3) is 0.133. The zero-order chi connectivity index (χ0) is 17.1. The first kappa shape index (κ1) is 16.2. The Morgan fingerprint density at radius 2 is 1.96 bits per heavy atom. The first-order chi connectivity index (χ1) is 11.5. The molecule has 3 rings (SSSR count). The summed E-state index contributed by atoms with van der Waals surface area (Å²) in [6.07, 6.45) is 1.40. The van der Waals surface area contributed by atoms with Crippen LogP contribution in [0.1, 0.15) is 5.56 Å². The van der Waals surface area contributed by atoms with Gasteiger partial charge >= 0.3 is 8.25 Å². The predicted molar refractivity (Wildman–Crippen MR) is 90.4 cm³/mol. The summed E-state index contributed by atoms with van der Waals surface area (Å²) >= 11 is 0. The Morgan fingerprint density at radius 3 is 2.67 bits per heavy atom. The number of fused-ring (bicyclic) bond motifs is 1. The van der Waals surface area contributed by atoms with Crippen LogP contribution in [0.3, 0.4) is 0 Å². The second-order valence-corrected chi connectivity index (χ2v) is 5.79. The van der Waals surface area contributed by atoms with E-state index in [-0.39, 0.29) is 5.56 Å². The number of pyridine rings is 1. The summed E-state index contributed by atoms with van der Waals surface area (Å²) < 4.78 is 16.9. The first-order valence-electron chi connectivity index (χ1n) is 7.09. The van der Waals surface area contributed by atoms with Gasteiger partial charge in [0.1, 0.15) is 23.5 Å². The monoisotopic (exact) mass is 346 g/mol. The minimum Gasteiger partial charge on any atom is -0.426 e. The third kappa shape index (κ3) is 3.45. The van der Waals surface area contributed by atoms with Crippen LogP contribution in [-0.4, -0.2) is 19.4 Å². The maximum absolute atomic E-state index is 11.7. The van der Waals surface area contributed by atoms with Gasteiger partial charge in [0.05, 0.1) is 5.39 Å². The van der Waals surface area contributed by atoms with Gasteiger partial charge in [-0.15, -0.1) is 0 Å². The van der Waals surface area contributed by atoms with Crippen molar-refractivity contribution >= 4 is 25.1 Å². The molecule has 0 radical (unpaired) electrons. The summed E-state index contributed by atoms with van der Waals surface area (Å²) in [5, 5.41) is 3.95. The van der Waals surface area contributed by atoms with Gasteiger partial charge in [0.25, 0.3) is 5.56 Å². The molecule has 0 spiro atoms. The highest BCUT2D eigenvalue weighted by atomic mass is 31.1. The number of nitrogens with zero attached hydrogens (tertiary/aromatic N) is 3. The minimum atomic E-state index is -3.00. The van der Waals surface area contributed by atoms with E-state index in [1.54, 1.807) is 37.4 Å². The van der Waals surface area contributed by atoms with Gasteiger partial charge in [-0.05, 0) is 23.8 Å². The molecule has 0 bridgehead atoms. The van der Waals surface area contributed by atoms with Gasteiger partial charge in [0.2, 0.25) is 0 Å². The lowest BCUT2D eigenvalue weighted by Crippen LogP contribution is -2.16. The molecular weight excluding hydrogens is 331 g/mol. The first-order valence-corrected chi connectivity index (χ1v) is 8.35. The lowest BCUT2D eigenvalue weighted by atomic mass is 10.2. The average molecular weight is 346 g/mol. The number of anilines is 1. The van der Waals surface area contributed by atoms with Crippen molar-refractivity contribution in [1.82, 2.24) is 14.5 Å². The molecule has 24 heavy (non-hydrogen) atoms. The standard InChI is InChI=1S/C15H15N4O4P/c1-19-13(20)7-6-12-14(17-9-18-15(12)19)16-8-10-2-4-11(5-3-10)23-24(21)22/h2-7,9,24H,8H2,1H3,(H,21,22)(H,16,17,18). The largest absolute Gasteiger partial charge is 0.426 e. The van der Waals surface area contributed by atoms with Gasteiger partial charge in [-0.2, -0.15) is 0 Å². The highest BCUT2D eigenvalue weighted by Gasteiger charge is 2.07. The Labute approximate surface area is 137 Å². The van der Waals surface area contributed by atoms with E-state index in [2.05, 4.69) is 15.3 Å². The van der Waals surface area contributed by atoms with Gasteiger partial charge in [-0.1, -0.05) is 12.1 Å². The van der Waals surface area contributed by atoms with E-state index in [1.165, 1.54) is 17.0 Å². The zero-order valence-corrected chi connectivity index (χ0v) is 13.8. The second kappa shape index (κ2) is 6.82. The molecule has 1 atom stereocenters. The van der Waals surface area contributed by atoms with Crippen LogP contribution in [0.5, 0.6) is 5.75 Å². The van der Waals surface area contributed by atoms with Gasteiger partial charge in [-0.25, -0.2) is 14.5 Å². The fourth-order valence-electron chi connectivity index (χ4n) is 2.28. The Hall–Kier alpha value is -2.70. The lowest BCUT2D eigenvalue weighted by Gasteiger charge is -2.10. The van der Waals surface area contributed by atoms with Crippen LogP contribution in [0.2, 0.25) is 0 Å². The lowest BCUT2D eigenvalue weighted by molar-refractivity contribution is 0.410. The zero-order valence-electron chi connectivity index (χ0n) is 12.8. The highest BCUT2D eigenvalue weighted by molar-refractivity contribution is 7.32. The summed E-state index contributed by atoms with van der Waals surface area (Å²) in [4.78, 5) is 28.8. The maximum Gasteiger partial charge on any atom is 0.365 e. The normalized spacial score (nSPS) is 12.1. The van der Waals surface area contributed by atoms with E-state index in [9.17, 15) is 9.36 Å². The predicted octanol–water partition coefficient (Wildman–Crippen LogP) is 1.70. The summed E-state index contributed by atoms with van der Waals surface area (Å²) in [6.45, 7) is 0.490. The van der Waals surface area contributed by atoms with Crippen LogP contribution in [0.25, 0.3) is 11.0 Å². The van der Waals surface area contributed by atoms with Gasteiger partial charge < -0.3 is 14.7 Å². The molecule has 9 heteroatoms. The second-order valence-electron chi connectivity index (χ2n) is 5.06.